The van der Waals surface area contributed by atoms with Crippen molar-refractivity contribution in [3.63, 3.8) is 0 Å². The first kappa shape index (κ1) is 11.5. The van der Waals surface area contributed by atoms with Gasteiger partial charge in [0.05, 0.1) is 0 Å². The Hall–Kier alpha value is -1.95. The zero-order valence-electron chi connectivity index (χ0n) is 8.97. The summed E-state index contributed by atoms with van der Waals surface area (Å²) in [4.78, 5) is 4.14. The Morgan fingerprint density at radius 3 is 2.82 bits per heavy atom. The Morgan fingerprint density at radius 2 is 2.06 bits per heavy atom. The quantitative estimate of drug-likeness (QED) is 0.884. The highest BCUT2D eigenvalue weighted by atomic mass is 35.5. The molecule has 0 aliphatic carbocycles. The molecule has 0 atom stereocenters. The fourth-order valence-corrected chi connectivity index (χ4v) is 1.47. The van der Waals surface area contributed by atoms with Crippen LogP contribution in [-0.2, 0) is 0 Å². The third kappa shape index (κ3) is 1.99. The zero-order chi connectivity index (χ0) is 11.0. The molecule has 0 fully saturated rings. The van der Waals surface area contributed by atoms with Crippen molar-refractivity contribution < 1.29 is 14.0 Å². The first-order valence-corrected chi connectivity index (χ1v) is 4.78. The van der Waals surface area contributed by atoms with E-state index in [4.69, 9.17) is 14.0 Å². The third-order valence-electron chi connectivity index (χ3n) is 2.27. The molecule has 1 aliphatic rings. The minimum absolute atomic E-state index is 0. The lowest BCUT2D eigenvalue weighted by Crippen LogP contribution is -1.92. The van der Waals surface area contributed by atoms with Gasteiger partial charge in [0.25, 0.3) is 11.8 Å². The van der Waals surface area contributed by atoms with Crippen LogP contribution in [-0.4, -0.2) is 24.0 Å². The van der Waals surface area contributed by atoms with Crippen molar-refractivity contribution in [1.29, 1.82) is 0 Å². The Balaban J connectivity index is 0.00000108. The van der Waals surface area contributed by atoms with E-state index in [0.717, 1.165) is 11.3 Å². The van der Waals surface area contributed by atoms with Gasteiger partial charge in [-0.2, -0.15) is 4.98 Å². The van der Waals surface area contributed by atoms with Crippen LogP contribution in [0.15, 0.2) is 22.7 Å². The lowest BCUT2D eigenvalue weighted by molar-refractivity contribution is 0.174. The molecular weight excluding hydrogens is 246 g/mol. The Kier molecular flexibility index (Phi) is 3.06. The topological polar surface area (TPSA) is 69.4 Å². The van der Waals surface area contributed by atoms with Gasteiger partial charge in [0.1, 0.15) is 0 Å². The molecule has 90 valence electrons. The predicted octanol–water partition coefficient (Wildman–Crippen LogP) is 1.93. The van der Waals surface area contributed by atoms with Gasteiger partial charge in [-0.25, -0.2) is 0 Å². The first-order valence-electron chi connectivity index (χ1n) is 4.78. The number of fused-ring (bicyclic) bond motifs is 1. The molecule has 0 saturated heterocycles. The molecule has 1 aliphatic heterocycles. The van der Waals surface area contributed by atoms with Crippen LogP contribution < -0.4 is 14.8 Å². The fourth-order valence-electron chi connectivity index (χ4n) is 1.47. The highest BCUT2D eigenvalue weighted by Crippen LogP contribution is 2.35. The second-order valence-corrected chi connectivity index (χ2v) is 3.24. The number of rotatable bonds is 2. The number of hydrogen-bond donors (Lipinski definition) is 1. The van der Waals surface area contributed by atoms with Crippen LogP contribution in [0.1, 0.15) is 0 Å². The van der Waals surface area contributed by atoms with Crippen molar-refractivity contribution >= 4 is 18.4 Å². The molecule has 1 aromatic carbocycles. The summed E-state index contributed by atoms with van der Waals surface area (Å²) < 4.78 is 15.6. The molecule has 2 aromatic rings. The van der Waals surface area contributed by atoms with Crippen LogP contribution in [0.25, 0.3) is 11.5 Å². The lowest BCUT2D eigenvalue weighted by Gasteiger charge is -1.97. The fraction of sp³-hybridized carbons (Fsp3) is 0.200. The molecule has 1 aromatic heterocycles. The van der Waals surface area contributed by atoms with Gasteiger partial charge in [0, 0.05) is 12.6 Å². The van der Waals surface area contributed by atoms with Gasteiger partial charge in [-0.05, 0) is 23.4 Å². The number of benzene rings is 1. The van der Waals surface area contributed by atoms with Crippen molar-refractivity contribution in [1.82, 2.24) is 10.1 Å². The number of ether oxygens (including phenoxy) is 2. The monoisotopic (exact) mass is 255 g/mol. The van der Waals surface area contributed by atoms with Crippen LogP contribution in [0.4, 0.5) is 5.95 Å². The van der Waals surface area contributed by atoms with Crippen LogP contribution >= 0.6 is 12.4 Å². The molecule has 2 heterocycles. The number of hydrogen-bond acceptors (Lipinski definition) is 6. The van der Waals surface area contributed by atoms with Gasteiger partial charge in [-0.15, -0.1) is 12.4 Å². The standard InChI is InChI=1S/C10H9N3O3.ClH/c1-11-10-12-9(16-13-10)6-2-3-7-8(4-6)15-5-14-7;/h2-4H,5H2,1H3,(H,11,13);1H. The lowest BCUT2D eigenvalue weighted by atomic mass is 10.2. The smallest absolute Gasteiger partial charge is 0.263 e. The van der Waals surface area contributed by atoms with Crippen molar-refractivity contribution in [2.24, 2.45) is 0 Å². The van der Waals surface area contributed by atoms with E-state index in [-0.39, 0.29) is 19.2 Å². The normalized spacial score (nSPS) is 12.1. The molecule has 3 rings (SSSR count). The number of halogens is 1. The number of nitrogens with one attached hydrogen (secondary N) is 1. The first-order chi connectivity index (χ1) is 7.86. The summed E-state index contributed by atoms with van der Waals surface area (Å²) in [5, 5.41) is 6.53. The van der Waals surface area contributed by atoms with E-state index in [1.54, 1.807) is 7.05 Å². The molecule has 0 spiro atoms. The van der Waals surface area contributed by atoms with Crippen molar-refractivity contribution in [3.8, 4) is 23.0 Å². The third-order valence-corrected chi connectivity index (χ3v) is 2.27. The average Bonchev–Trinajstić information content (AvgIpc) is 2.96. The van der Waals surface area contributed by atoms with E-state index in [1.807, 2.05) is 18.2 Å². The highest BCUT2D eigenvalue weighted by Gasteiger charge is 2.16. The van der Waals surface area contributed by atoms with Crippen molar-refractivity contribution in [2.45, 2.75) is 0 Å². The van der Waals surface area contributed by atoms with Gasteiger partial charge >= 0.3 is 0 Å². The van der Waals surface area contributed by atoms with Gasteiger partial charge in [-0.3, -0.25) is 0 Å². The molecule has 0 unspecified atom stereocenters. The second kappa shape index (κ2) is 4.50. The van der Waals surface area contributed by atoms with Gasteiger partial charge in [0.2, 0.25) is 6.79 Å². The Labute approximate surface area is 103 Å². The molecule has 17 heavy (non-hydrogen) atoms. The molecule has 0 saturated carbocycles. The highest BCUT2D eigenvalue weighted by molar-refractivity contribution is 5.85. The van der Waals surface area contributed by atoms with Crippen LogP contribution in [0.2, 0.25) is 0 Å². The van der Waals surface area contributed by atoms with Crippen molar-refractivity contribution in [3.05, 3.63) is 18.2 Å². The number of aromatic nitrogens is 2. The van der Waals surface area contributed by atoms with Crippen LogP contribution in [0.3, 0.4) is 0 Å². The Bertz CT molecular complexity index is 529. The second-order valence-electron chi connectivity index (χ2n) is 3.24. The summed E-state index contributed by atoms with van der Waals surface area (Å²) in [7, 11) is 1.73. The van der Waals surface area contributed by atoms with Gasteiger partial charge in [0.15, 0.2) is 11.5 Å². The number of nitrogens with zero attached hydrogens (tertiary/aromatic N) is 2. The summed E-state index contributed by atoms with van der Waals surface area (Å²) in [5.41, 5.74) is 0.804. The molecule has 1 N–H and O–H groups in total. The molecule has 0 bridgehead atoms. The molecule has 0 amide bonds. The summed E-state index contributed by atoms with van der Waals surface area (Å²) in [6.07, 6.45) is 0. The number of anilines is 1. The summed E-state index contributed by atoms with van der Waals surface area (Å²) in [6.45, 7) is 0.254. The zero-order valence-corrected chi connectivity index (χ0v) is 9.78. The maximum atomic E-state index is 5.27. The Morgan fingerprint density at radius 1 is 1.24 bits per heavy atom. The SMILES string of the molecule is CNc1noc(-c2ccc3c(c2)OCO3)n1.Cl. The summed E-state index contributed by atoms with van der Waals surface area (Å²) >= 11 is 0. The minimum atomic E-state index is 0. The molecule has 6 nitrogen and oxygen atoms in total. The van der Waals surface area contributed by atoms with E-state index in [0.29, 0.717) is 17.6 Å². The molecule has 7 heteroatoms. The van der Waals surface area contributed by atoms with Gasteiger partial charge in [-0.1, -0.05) is 0 Å². The summed E-state index contributed by atoms with van der Waals surface area (Å²) in [6, 6.07) is 5.48. The maximum absolute atomic E-state index is 5.27. The maximum Gasteiger partial charge on any atom is 0.263 e. The molecule has 0 radical (unpaired) electrons. The van der Waals surface area contributed by atoms with E-state index in [9.17, 15) is 0 Å². The average molecular weight is 256 g/mol. The van der Waals surface area contributed by atoms with E-state index in [1.165, 1.54) is 0 Å². The predicted molar refractivity (Wildman–Crippen MR) is 62.7 cm³/mol. The van der Waals surface area contributed by atoms with E-state index in [2.05, 4.69) is 15.5 Å². The van der Waals surface area contributed by atoms with Gasteiger partial charge < -0.3 is 19.3 Å². The van der Waals surface area contributed by atoms with E-state index >= 15 is 0 Å². The van der Waals surface area contributed by atoms with Crippen molar-refractivity contribution in [2.75, 3.05) is 19.2 Å². The largest absolute Gasteiger partial charge is 0.454 e. The van der Waals surface area contributed by atoms with E-state index < -0.39 is 0 Å². The van der Waals surface area contributed by atoms with Crippen LogP contribution in [0, 0.1) is 0 Å². The summed E-state index contributed by atoms with van der Waals surface area (Å²) in [5.74, 6) is 2.33. The molecular formula is C10H10ClN3O3. The van der Waals surface area contributed by atoms with Crippen LogP contribution in [0.5, 0.6) is 11.5 Å². The minimum Gasteiger partial charge on any atom is -0.454 e.